The number of nitrogens with one attached hydrogen (secondary N) is 1. The molecule has 0 saturated carbocycles. The van der Waals surface area contributed by atoms with E-state index in [4.69, 9.17) is 4.74 Å². The van der Waals surface area contributed by atoms with Crippen molar-refractivity contribution in [2.24, 2.45) is 0 Å². The minimum atomic E-state index is -2.93. The van der Waals surface area contributed by atoms with Gasteiger partial charge >= 0.3 is 0 Å². The summed E-state index contributed by atoms with van der Waals surface area (Å²) in [5.41, 5.74) is 2.37. The molecule has 5 heteroatoms. The van der Waals surface area contributed by atoms with Gasteiger partial charge in [0.05, 0.1) is 18.5 Å². The van der Waals surface area contributed by atoms with Gasteiger partial charge in [-0.25, -0.2) is 8.42 Å². The molecule has 0 saturated heterocycles. The first-order valence-electron chi connectivity index (χ1n) is 5.66. The molecule has 0 radical (unpaired) electrons. The molecule has 94 valence electrons. The van der Waals surface area contributed by atoms with Crippen LogP contribution in [0.25, 0.3) is 0 Å². The van der Waals surface area contributed by atoms with Crippen molar-refractivity contribution in [1.29, 1.82) is 0 Å². The number of sulfone groups is 1. The number of hydrogen-bond acceptors (Lipinski definition) is 4. The van der Waals surface area contributed by atoms with E-state index in [1.807, 2.05) is 18.2 Å². The van der Waals surface area contributed by atoms with Crippen molar-refractivity contribution in [3.05, 3.63) is 29.8 Å². The fourth-order valence-electron chi connectivity index (χ4n) is 1.90. The Kier molecular flexibility index (Phi) is 3.69. The molecule has 0 amide bonds. The third-order valence-electron chi connectivity index (χ3n) is 2.79. The largest absolute Gasteiger partial charge is 0.382 e. The van der Waals surface area contributed by atoms with E-state index in [1.165, 1.54) is 11.8 Å². The van der Waals surface area contributed by atoms with Crippen molar-refractivity contribution in [3.63, 3.8) is 0 Å². The first kappa shape index (κ1) is 12.4. The standard InChI is InChI=1S/C12H17NO3S/c1-17(14,15)7-6-16-11-8-10-4-2-3-5-12(10)13-9-11/h2-5,11,13H,6-9H2,1H3. The lowest BCUT2D eigenvalue weighted by Gasteiger charge is -2.26. The van der Waals surface area contributed by atoms with Crippen molar-refractivity contribution >= 4 is 15.5 Å². The van der Waals surface area contributed by atoms with Gasteiger partial charge in [0.25, 0.3) is 0 Å². The minimum absolute atomic E-state index is 0.0617. The normalized spacial score (nSPS) is 19.5. The third-order valence-corrected chi connectivity index (χ3v) is 3.70. The van der Waals surface area contributed by atoms with E-state index in [0.29, 0.717) is 0 Å². The minimum Gasteiger partial charge on any atom is -0.382 e. The van der Waals surface area contributed by atoms with Crippen LogP contribution >= 0.6 is 0 Å². The summed E-state index contributed by atoms with van der Waals surface area (Å²) in [5, 5.41) is 3.29. The molecule has 1 unspecified atom stereocenters. The van der Waals surface area contributed by atoms with Crippen LogP contribution in [0.15, 0.2) is 24.3 Å². The lowest BCUT2D eigenvalue weighted by molar-refractivity contribution is 0.0717. The van der Waals surface area contributed by atoms with Gasteiger partial charge in [-0.3, -0.25) is 0 Å². The second-order valence-electron chi connectivity index (χ2n) is 4.36. The molecule has 2 rings (SSSR count). The topological polar surface area (TPSA) is 55.4 Å². The molecule has 0 aromatic heterocycles. The Hall–Kier alpha value is -1.07. The predicted molar refractivity (Wildman–Crippen MR) is 68.1 cm³/mol. The molecular weight excluding hydrogens is 238 g/mol. The molecule has 1 aromatic carbocycles. The molecule has 1 aliphatic heterocycles. The summed E-state index contributed by atoms with van der Waals surface area (Å²) in [4.78, 5) is 0. The summed E-state index contributed by atoms with van der Waals surface area (Å²) >= 11 is 0. The zero-order valence-electron chi connectivity index (χ0n) is 9.85. The smallest absolute Gasteiger partial charge is 0.149 e. The lowest BCUT2D eigenvalue weighted by atomic mass is 10.0. The van der Waals surface area contributed by atoms with Crippen molar-refractivity contribution < 1.29 is 13.2 Å². The highest BCUT2D eigenvalue weighted by Crippen LogP contribution is 2.22. The van der Waals surface area contributed by atoms with Crippen molar-refractivity contribution in [2.75, 3.05) is 30.5 Å². The molecule has 0 aliphatic carbocycles. The van der Waals surface area contributed by atoms with Gasteiger partial charge in [0.1, 0.15) is 9.84 Å². The highest BCUT2D eigenvalue weighted by atomic mass is 32.2. The van der Waals surface area contributed by atoms with Gasteiger partial charge in [0.15, 0.2) is 0 Å². The lowest BCUT2D eigenvalue weighted by Crippen LogP contribution is -2.31. The molecule has 1 N–H and O–H groups in total. The summed E-state index contributed by atoms with van der Waals surface area (Å²) < 4.78 is 27.5. The van der Waals surface area contributed by atoms with Crippen LogP contribution in [0, 0.1) is 0 Å². The fraction of sp³-hybridized carbons (Fsp3) is 0.500. The molecule has 1 heterocycles. The van der Waals surface area contributed by atoms with Crippen molar-refractivity contribution in [1.82, 2.24) is 0 Å². The van der Waals surface area contributed by atoms with Crippen LogP contribution in [0.5, 0.6) is 0 Å². The molecule has 0 spiro atoms. The zero-order valence-corrected chi connectivity index (χ0v) is 10.7. The SMILES string of the molecule is CS(=O)(=O)CCOC1CNc2ccccc2C1. The summed E-state index contributed by atoms with van der Waals surface area (Å²) in [6, 6.07) is 8.10. The first-order chi connectivity index (χ1) is 8.04. The van der Waals surface area contributed by atoms with E-state index >= 15 is 0 Å². The fourth-order valence-corrected chi connectivity index (χ4v) is 2.29. The number of rotatable bonds is 4. The van der Waals surface area contributed by atoms with E-state index in [0.717, 1.165) is 18.7 Å². The number of benzene rings is 1. The Morgan fingerprint density at radius 2 is 2.18 bits per heavy atom. The molecule has 17 heavy (non-hydrogen) atoms. The van der Waals surface area contributed by atoms with Crippen LogP contribution in [-0.4, -0.2) is 39.7 Å². The maximum Gasteiger partial charge on any atom is 0.149 e. The predicted octanol–water partition coefficient (Wildman–Crippen LogP) is 1.08. The van der Waals surface area contributed by atoms with Gasteiger partial charge in [-0.05, 0) is 11.6 Å². The zero-order chi connectivity index (χ0) is 12.3. The molecule has 1 atom stereocenters. The third kappa shape index (κ3) is 3.71. The van der Waals surface area contributed by atoms with Crippen molar-refractivity contribution in [3.8, 4) is 0 Å². The van der Waals surface area contributed by atoms with Gasteiger partial charge in [-0.2, -0.15) is 0 Å². The van der Waals surface area contributed by atoms with Gasteiger partial charge in [0.2, 0.25) is 0 Å². The average molecular weight is 255 g/mol. The number of hydrogen-bond donors (Lipinski definition) is 1. The number of ether oxygens (including phenoxy) is 1. The van der Waals surface area contributed by atoms with E-state index in [1.54, 1.807) is 0 Å². The number of para-hydroxylation sites is 1. The summed E-state index contributed by atoms with van der Waals surface area (Å²) in [5.74, 6) is 0.0884. The molecule has 4 nitrogen and oxygen atoms in total. The Morgan fingerprint density at radius 1 is 1.41 bits per heavy atom. The van der Waals surface area contributed by atoms with Crippen LogP contribution in [0.4, 0.5) is 5.69 Å². The number of fused-ring (bicyclic) bond motifs is 1. The Morgan fingerprint density at radius 3 is 2.94 bits per heavy atom. The van der Waals surface area contributed by atoms with Gasteiger partial charge in [-0.15, -0.1) is 0 Å². The van der Waals surface area contributed by atoms with E-state index < -0.39 is 9.84 Å². The highest BCUT2D eigenvalue weighted by molar-refractivity contribution is 7.90. The second kappa shape index (κ2) is 5.06. The maximum atomic E-state index is 11.0. The van der Waals surface area contributed by atoms with E-state index in [9.17, 15) is 8.42 Å². The van der Waals surface area contributed by atoms with Crippen LogP contribution in [-0.2, 0) is 21.0 Å². The Labute approximate surface area is 102 Å². The van der Waals surface area contributed by atoms with Crippen molar-refractivity contribution in [2.45, 2.75) is 12.5 Å². The quantitative estimate of drug-likeness (QED) is 0.875. The van der Waals surface area contributed by atoms with Crippen LogP contribution in [0.1, 0.15) is 5.56 Å². The van der Waals surface area contributed by atoms with Crippen LogP contribution in [0.3, 0.4) is 0 Å². The molecule has 0 fully saturated rings. The highest BCUT2D eigenvalue weighted by Gasteiger charge is 2.18. The van der Waals surface area contributed by atoms with Gasteiger partial charge in [0, 0.05) is 24.9 Å². The number of anilines is 1. The molecule has 1 aromatic rings. The summed E-state index contributed by atoms with van der Waals surface area (Å²) in [6.45, 7) is 1.01. The van der Waals surface area contributed by atoms with Crippen LogP contribution < -0.4 is 5.32 Å². The summed E-state index contributed by atoms with van der Waals surface area (Å²) in [7, 11) is -2.93. The molecule has 0 bridgehead atoms. The van der Waals surface area contributed by atoms with Gasteiger partial charge in [-0.1, -0.05) is 18.2 Å². The van der Waals surface area contributed by atoms with Crippen LogP contribution in [0.2, 0.25) is 0 Å². The second-order valence-corrected chi connectivity index (χ2v) is 6.62. The first-order valence-corrected chi connectivity index (χ1v) is 7.72. The van der Waals surface area contributed by atoms with E-state index in [-0.39, 0.29) is 18.5 Å². The molecule has 1 aliphatic rings. The monoisotopic (exact) mass is 255 g/mol. The average Bonchev–Trinajstić information content (AvgIpc) is 2.27. The van der Waals surface area contributed by atoms with Gasteiger partial charge < -0.3 is 10.1 Å². The Balaban J connectivity index is 1.86. The summed E-state index contributed by atoms with van der Waals surface area (Å²) in [6.07, 6.45) is 2.13. The Bertz CT molecular complexity index is 484. The van der Waals surface area contributed by atoms with E-state index in [2.05, 4.69) is 11.4 Å². The maximum absolute atomic E-state index is 11.0. The molecular formula is C12H17NO3S.